The van der Waals surface area contributed by atoms with E-state index in [1.54, 1.807) is 31.4 Å². The van der Waals surface area contributed by atoms with E-state index in [0.29, 0.717) is 31.7 Å². The molecular formula is C18H25N3O3. The number of methoxy groups -OCH3 is 1. The molecule has 2 aliphatic rings. The molecule has 2 aliphatic heterocycles. The molecule has 1 aromatic rings. The number of rotatable bonds is 3. The van der Waals surface area contributed by atoms with Gasteiger partial charge in [-0.05, 0) is 43.7 Å². The summed E-state index contributed by atoms with van der Waals surface area (Å²) in [7, 11) is 1.61. The van der Waals surface area contributed by atoms with Crippen LogP contribution in [-0.2, 0) is 4.79 Å². The zero-order valence-electron chi connectivity index (χ0n) is 14.2. The molecule has 2 heterocycles. The Morgan fingerprint density at radius 1 is 1.04 bits per heavy atom. The van der Waals surface area contributed by atoms with Crippen molar-refractivity contribution in [1.82, 2.24) is 15.1 Å². The average Bonchev–Trinajstić information content (AvgIpc) is 2.68. The quantitative estimate of drug-likeness (QED) is 0.902. The second kappa shape index (κ2) is 7.66. The fourth-order valence-electron chi connectivity index (χ4n) is 3.33. The first-order valence-corrected chi connectivity index (χ1v) is 8.64. The van der Waals surface area contributed by atoms with Crippen LogP contribution in [0.5, 0.6) is 5.75 Å². The van der Waals surface area contributed by atoms with E-state index < -0.39 is 0 Å². The smallest absolute Gasteiger partial charge is 0.253 e. The van der Waals surface area contributed by atoms with Crippen molar-refractivity contribution in [2.24, 2.45) is 0 Å². The van der Waals surface area contributed by atoms with Crippen LogP contribution in [0.4, 0.5) is 0 Å². The van der Waals surface area contributed by atoms with Gasteiger partial charge in [0.05, 0.1) is 13.2 Å². The van der Waals surface area contributed by atoms with Gasteiger partial charge in [-0.25, -0.2) is 0 Å². The van der Waals surface area contributed by atoms with E-state index in [1.807, 2.05) is 9.80 Å². The molecule has 0 radical (unpaired) electrons. The Kier molecular flexibility index (Phi) is 5.35. The van der Waals surface area contributed by atoms with Crippen molar-refractivity contribution in [1.29, 1.82) is 0 Å². The number of piperazine rings is 1. The number of hydrogen-bond donors (Lipinski definition) is 1. The number of benzene rings is 1. The maximum Gasteiger partial charge on any atom is 0.253 e. The van der Waals surface area contributed by atoms with Gasteiger partial charge >= 0.3 is 0 Å². The second-order valence-electron chi connectivity index (χ2n) is 6.35. The Balaban J connectivity index is 1.54. The molecule has 6 nitrogen and oxygen atoms in total. The summed E-state index contributed by atoms with van der Waals surface area (Å²) in [6.45, 7) is 3.32. The molecule has 1 unspecified atom stereocenters. The summed E-state index contributed by atoms with van der Waals surface area (Å²) in [5.74, 6) is 0.939. The Morgan fingerprint density at radius 3 is 2.29 bits per heavy atom. The molecule has 1 aromatic carbocycles. The molecule has 6 heteroatoms. The Bertz CT molecular complexity index is 574. The fourth-order valence-corrected chi connectivity index (χ4v) is 3.33. The molecule has 2 amide bonds. The molecule has 0 bridgehead atoms. The number of ether oxygens (including phenoxy) is 1. The van der Waals surface area contributed by atoms with Crippen LogP contribution in [0.3, 0.4) is 0 Å². The van der Waals surface area contributed by atoms with E-state index >= 15 is 0 Å². The molecular weight excluding hydrogens is 306 g/mol. The second-order valence-corrected chi connectivity index (χ2v) is 6.35. The molecule has 1 atom stereocenters. The predicted octanol–water partition coefficient (Wildman–Crippen LogP) is 1.12. The van der Waals surface area contributed by atoms with E-state index in [-0.39, 0.29) is 17.9 Å². The molecule has 0 aliphatic carbocycles. The van der Waals surface area contributed by atoms with E-state index in [1.165, 1.54) is 0 Å². The zero-order chi connectivity index (χ0) is 16.9. The van der Waals surface area contributed by atoms with Crippen molar-refractivity contribution < 1.29 is 14.3 Å². The highest BCUT2D eigenvalue weighted by Crippen LogP contribution is 2.16. The van der Waals surface area contributed by atoms with Crippen LogP contribution in [0.25, 0.3) is 0 Å². The molecule has 0 aromatic heterocycles. The first kappa shape index (κ1) is 16.8. The Hall–Kier alpha value is -2.08. The topological polar surface area (TPSA) is 61.9 Å². The lowest BCUT2D eigenvalue weighted by atomic mass is 10.0. The molecule has 2 fully saturated rings. The van der Waals surface area contributed by atoms with Crippen molar-refractivity contribution in [3.63, 3.8) is 0 Å². The third-order valence-corrected chi connectivity index (χ3v) is 4.82. The van der Waals surface area contributed by atoms with E-state index in [0.717, 1.165) is 31.6 Å². The zero-order valence-corrected chi connectivity index (χ0v) is 14.2. The third kappa shape index (κ3) is 3.70. The van der Waals surface area contributed by atoms with Crippen LogP contribution in [0.2, 0.25) is 0 Å². The first-order chi connectivity index (χ1) is 11.7. The van der Waals surface area contributed by atoms with Gasteiger partial charge in [-0.3, -0.25) is 9.59 Å². The highest BCUT2D eigenvalue weighted by molar-refractivity contribution is 5.94. The summed E-state index contributed by atoms with van der Waals surface area (Å²) >= 11 is 0. The maximum absolute atomic E-state index is 12.5. The molecule has 1 N–H and O–H groups in total. The summed E-state index contributed by atoms with van der Waals surface area (Å²) < 4.78 is 5.12. The number of carbonyl (C=O) groups is 2. The maximum atomic E-state index is 12.5. The van der Waals surface area contributed by atoms with Gasteiger partial charge < -0.3 is 19.9 Å². The fraction of sp³-hybridized carbons (Fsp3) is 0.556. The summed E-state index contributed by atoms with van der Waals surface area (Å²) in [5, 5.41) is 3.30. The number of carbonyl (C=O) groups excluding carboxylic acids is 2. The van der Waals surface area contributed by atoms with Crippen LogP contribution in [0, 0.1) is 0 Å². The minimum Gasteiger partial charge on any atom is -0.497 e. The minimum absolute atomic E-state index is 0.0144. The van der Waals surface area contributed by atoms with Crippen molar-refractivity contribution in [3.8, 4) is 5.75 Å². The highest BCUT2D eigenvalue weighted by atomic mass is 16.5. The third-order valence-electron chi connectivity index (χ3n) is 4.82. The lowest BCUT2D eigenvalue weighted by Crippen LogP contribution is -2.55. The van der Waals surface area contributed by atoms with Crippen molar-refractivity contribution in [2.45, 2.75) is 25.3 Å². The molecule has 2 saturated heterocycles. The van der Waals surface area contributed by atoms with Crippen LogP contribution < -0.4 is 10.1 Å². The number of hydrogen-bond acceptors (Lipinski definition) is 4. The van der Waals surface area contributed by atoms with Gasteiger partial charge in [0.15, 0.2) is 0 Å². The van der Waals surface area contributed by atoms with Gasteiger partial charge in [0.2, 0.25) is 5.91 Å². The molecule has 24 heavy (non-hydrogen) atoms. The van der Waals surface area contributed by atoms with Gasteiger partial charge in [0, 0.05) is 31.7 Å². The van der Waals surface area contributed by atoms with Crippen molar-refractivity contribution in [2.75, 3.05) is 39.8 Å². The lowest BCUT2D eigenvalue weighted by molar-refractivity contribution is -0.135. The monoisotopic (exact) mass is 331 g/mol. The standard InChI is InChI=1S/C18H25N3O3/c1-24-15-7-5-14(6-8-15)17(22)20-10-12-21(13-11-20)18(23)16-4-2-3-9-19-16/h5-8,16,19H,2-4,9-13H2,1H3. The number of nitrogens with one attached hydrogen (secondary N) is 1. The van der Waals surface area contributed by atoms with Gasteiger partial charge in [-0.2, -0.15) is 0 Å². The van der Waals surface area contributed by atoms with Gasteiger partial charge in [0.1, 0.15) is 5.75 Å². The number of nitrogens with zero attached hydrogens (tertiary/aromatic N) is 2. The van der Waals surface area contributed by atoms with Crippen molar-refractivity contribution >= 4 is 11.8 Å². The first-order valence-electron chi connectivity index (χ1n) is 8.64. The Labute approximate surface area is 142 Å². The van der Waals surface area contributed by atoms with E-state index in [4.69, 9.17) is 4.74 Å². The summed E-state index contributed by atoms with van der Waals surface area (Å²) in [6.07, 6.45) is 3.18. The largest absolute Gasteiger partial charge is 0.497 e. The summed E-state index contributed by atoms with van der Waals surface area (Å²) in [6, 6.07) is 7.11. The predicted molar refractivity (Wildman–Crippen MR) is 91.1 cm³/mol. The molecule has 0 saturated carbocycles. The van der Waals surface area contributed by atoms with E-state index in [9.17, 15) is 9.59 Å². The summed E-state index contributed by atoms with van der Waals surface area (Å²) in [4.78, 5) is 28.8. The van der Waals surface area contributed by atoms with E-state index in [2.05, 4.69) is 5.32 Å². The summed E-state index contributed by atoms with van der Waals surface area (Å²) in [5.41, 5.74) is 0.657. The van der Waals surface area contributed by atoms with Crippen LogP contribution >= 0.6 is 0 Å². The number of piperidine rings is 1. The van der Waals surface area contributed by atoms with Gasteiger partial charge in [-0.15, -0.1) is 0 Å². The van der Waals surface area contributed by atoms with Gasteiger partial charge in [0.25, 0.3) is 5.91 Å². The van der Waals surface area contributed by atoms with Crippen molar-refractivity contribution in [3.05, 3.63) is 29.8 Å². The van der Waals surface area contributed by atoms with Crippen LogP contribution in [0.1, 0.15) is 29.6 Å². The molecule has 3 rings (SSSR count). The highest BCUT2D eigenvalue weighted by Gasteiger charge is 2.29. The average molecular weight is 331 g/mol. The van der Waals surface area contributed by atoms with Crippen LogP contribution in [-0.4, -0.2) is 67.5 Å². The molecule has 0 spiro atoms. The lowest BCUT2D eigenvalue weighted by Gasteiger charge is -2.37. The Morgan fingerprint density at radius 2 is 1.71 bits per heavy atom. The molecule has 130 valence electrons. The normalized spacial score (nSPS) is 21.5. The van der Waals surface area contributed by atoms with Crippen LogP contribution in [0.15, 0.2) is 24.3 Å². The number of amides is 2. The minimum atomic E-state index is -0.0393. The van der Waals surface area contributed by atoms with Gasteiger partial charge in [-0.1, -0.05) is 6.42 Å². The SMILES string of the molecule is COc1ccc(C(=O)N2CCN(C(=O)C3CCCCN3)CC2)cc1.